The fraction of sp³-hybridized carbons (Fsp3) is 0.353. The molecule has 0 bridgehead atoms. The van der Waals surface area contributed by atoms with Crippen molar-refractivity contribution in [2.45, 2.75) is 19.6 Å². The molecule has 1 aliphatic rings. The molecule has 0 saturated carbocycles. The van der Waals surface area contributed by atoms with Crippen molar-refractivity contribution in [1.29, 1.82) is 0 Å². The minimum Gasteiger partial charge on any atom is -0.363 e. The van der Waals surface area contributed by atoms with E-state index in [0.717, 1.165) is 17.9 Å². The van der Waals surface area contributed by atoms with E-state index in [1.807, 2.05) is 15.6 Å². The highest BCUT2D eigenvalue weighted by molar-refractivity contribution is 5.44. The molecule has 3 aromatic heterocycles. The van der Waals surface area contributed by atoms with E-state index in [2.05, 4.69) is 30.4 Å². The molecule has 4 heterocycles. The van der Waals surface area contributed by atoms with Crippen molar-refractivity contribution in [2.24, 2.45) is 0 Å². The zero-order chi connectivity index (χ0) is 18.8. The van der Waals surface area contributed by atoms with E-state index in [1.165, 1.54) is 6.20 Å². The van der Waals surface area contributed by atoms with Crippen LogP contribution in [0.15, 0.2) is 30.9 Å². The molecule has 0 spiro atoms. The first-order valence-corrected chi connectivity index (χ1v) is 8.60. The van der Waals surface area contributed by atoms with Crippen LogP contribution in [0.1, 0.15) is 11.4 Å². The van der Waals surface area contributed by atoms with Gasteiger partial charge in [-0.25, -0.2) is 14.4 Å². The number of fused-ring (bicyclic) bond motifs is 1. The van der Waals surface area contributed by atoms with Crippen LogP contribution >= 0.6 is 0 Å². The van der Waals surface area contributed by atoms with E-state index in [1.54, 1.807) is 37.6 Å². The Bertz CT molecular complexity index is 925. The van der Waals surface area contributed by atoms with Gasteiger partial charge in [-0.15, -0.1) is 0 Å². The maximum Gasteiger partial charge on any atom is 0.227 e. The van der Waals surface area contributed by atoms with Crippen molar-refractivity contribution in [3.05, 3.63) is 48.1 Å². The van der Waals surface area contributed by atoms with Gasteiger partial charge in [0, 0.05) is 33.0 Å². The van der Waals surface area contributed by atoms with Crippen molar-refractivity contribution in [1.82, 2.24) is 29.7 Å². The van der Waals surface area contributed by atoms with Gasteiger partial charge in [-0.05, 0) is 6.07 Å². The van der Waals surface area contributed by atoms with Gasteiger partial charge in [-0.2, -0.15) is 10.1 Å². The summed E-state index contributed by atoms with van der Waals surface area (Å²) in [7, 11) is 3.52. The van der Waals surface area contributed by atoms with Crippen LogP contribution in [0.2, 0.25) is 0 Å². The molecule has 0 radical (unpaired) electrons. The van der Waals surface area contributed by atoms with Crippen molar-refractivity contribution in [3.63, 3.8) is 0 Å². The quantitative estimate of drug-likeness (QED) is 0.720. The molecule has 0 saturated heterocycles. The highest BCUT2D eigenvalue weighted by Gasteiger charge is 2.21. The number of hydrogen-bond acceptors (Lipinski definition) is 8. The molecule has 9 nitrogen and oxygen atoms in total. The van der Waals surface area contributed by atoms with Crippen LogP contribution in [-0.2, 0) is 19.6 Å². The maximum atomic E-state index is 13.8. The highest BCUT2D eigenvalue weighted by atomic mass is 19.1. The summed E-state index contributed by atoms with van der Waals surface area (Å²) in [5.74, 6) is 1.09. The summed E-state index contributed by atoms with van der Waals surface area (Å²) in [5.41, 5.74) is 1.99. The number of hydrogen-bond donors (Lipinski definition) is 1. The smallest absolute Gasteiger partial charge is 0.227 e. The fourth-order valence-electron chi connectivity index (χ4n) is 2.97. The Morgan fingerprint density at radius 2 is 2.07 bits per heavy atom. The minimum atomic E-state index is -0.428. The summed E-state index contributed by atoms with van der Waals surface area (Å²) in [6, 6.07) is 2.05. The summed E-state index contributed by atoms with van der Waals surface area (Å²) in [5, 5.41) is 7.83. The normalized spacial score (nSPS) is 13.4. The molecule has 0 aromatic carbocycles. The topological polar surface area (TPSA) is 87.9 Å². The van der Waals surface area contributed by atoms with Crippen LogP contribution in [0.3, 0.4) is 0 Å². The largest absolute Gasteiger partial charge is 0.363 e. The Balaban J connectivity index is 1.47. The average Bonchev–Trinajstić information content (AvgIpc) is 3.09. The molecule has 0 amide bonds. The molecule has 4 rings (SSSR count). The summed E-state index contributed by atoms with van der Waals surface area (Å²) in [4.78, 5) is 20.4. The zero-order valence-electron chi connectivity index (χ0n) is 15.2. The number of aromatic nitrogens is 6. The van der Waals surface area contributed by atoms with Gasteiger partial charge < -0.3 is 15.1 Å². The second kappa shape index (κ2) is 7.14. The lowest BCUT2D eigenvalue weighted by molar-refractivity contribution is 0.509. The molecule has 140 valence electrons. The molecular formula is C17H20FN9. The summed E-state index contributed by atoms with van der Waals surface area (Å²) in [6.07, 6.45) is 6.17. The number of halogens is 1. The molecule has 1 aliphatic heterocycles. The van der Waals surface area contributed by atoms with Crippen LogP contribution in [0.25, 0.3) is 0 Å². The molecule has 0 atom stereocenters. The van der Waals surface area contributed by atoms with Crippen LogP contribution < -0.4 is 15.1 Å². The Morgan fingerprint density at radius 3 is 2.85 bits per heavy atom. The third-order valence-electron chi connectivity index (χ3n) is 4.28. The van der Waals surface area contributed by atoms with Crippen LogP contribution in [-0.4, -0.2) is 50.4 Å². The first kappa shape index (κ1) is 17.1. The molecule has 0 aliphatic carbocycles. The number of nitrogens with zero attached hydrogens (tertiary/aromatic N) is 8. The fourth-order valence-corrected chi connectivity index (χ4v) is 2.97. The predicted molar refractivity (Wildman–Crippen MR) is 99.0 cm³/mol. The summed E-state index contributed by atoms with van der Waals surface area (Å²) in [6.45, 7) is 2.62. The zero-order valence-corrected chi connectivity index (χ0v) is 15.2. The minimum absolute atomic E-state index is 0.285. The highest BCUT2D eigenvalue weighted by Crippen LogP contribution is 2.22. The van der Waals surface area contributed by atoms with E-state index < -0.39 is 5.82 Å². The molecule has 1 N–H and O–H groups in total. The first-order valence-electron chi connectivity index (χ1n) is 8.60. The van der Waals surface area contributed by atoms with E-state index in [4.69, 9.17) is 0 Å². The van der Waals surface area contributed by atoms with Gasteiger partial charge >= 0.3 is 0 Å². The van der Waals surface area contributed by atoms with E-state index in [9.17, 15) is 4.39 Å². The van der Waals surface area contributed by atoms with E-state index in [0.29, 0.717) is 31.4 Å². The number of rotatable bonds is 5. The van der Waals surface area contributed by atoms with Crippen molar-refractivity contribution < 1.29 is 4.39 Å². The van der Waals surface area contributed by atoms with Gasteiger partial charge in [0.2, 0.25) is 5.95 Å². The SMILES string of the molecule is CN(C)c1nc(N2CCn3nc(CNc4cnccn4)cc3C2)ncc1F. The van der Waals surface area contributed by atoms with Crippen LogP contribution in [0.5, 0.6) is 0 Å². The van der Waals surface area contributed by atoms with E-state index >= 15 is 0 Å². The van der Waals surface area contributed by atoms with Gasteiger partial charge in [-0.3, -0.25) is 9.67 Å². The summed E-state index contributed by atoms with van der Waals surface area (Å²) >= 11 is 0. The third-order valence-corrected chi connectivity index (χ3v) is 4.28. The lowest BCUT2D eigenvalue weighted by Crippen LogP contribution is -2.35. The standard InChI is InChI=1S/C17H20FN9/c1-25(2)16-14(18)9-22-17(23-16)26-5-6-27-13(11-26)7-12(24-27)8-21-15-10-19-3-4-20-15/h3-4,7,9-10H,5-6,8,11H2,1-2H3,(H,20,21). The first-order chi connectivity index (χ1) is 13.1. The molecular weight excluding hydrogens is 349 g/mol. The van der Waals surface area contributed by atoms with Crippen molar-refractivity contribution >= 4 is 17.6 Å². The van der Waals surface area contributed by atoms with Crippen LogP contribution in [0, 0.1) is 5.82 Å². The average molecular weight is 369 g/mol. The number of nitrogens with one attached hydrogen (secondary N) is 1. The second-order valence-electron chi connectivity index (χ2n) is 6.45. The van der Waals surface area contributed by atoms with Gasteiger partial charge in [0.15, 0.2) is 11.6 Å². The Kier molecular flexibility index (Phi) is 4.53. The van der Waals surface area contributed by atoms with Crippen molar-refractivity contribution in [2.75, 3.05) is 35.8 Å². The monoisotopic (exact) mass is 369 g/mol. The molecule has 3 aromatic rings. The van der Waals surface area contributed by atoms with Gasteiger partial charge in [0.25, 0.3) is 0 Å². The molecule has 27 heavy (non-hydrogen) atoms. The molecule has 10 heteroatoms. The van der Waals surface area contributed by atoms with Gasteiger partial charge in [0.1, 0.15) is 5.82 Å². The Hall–Kier alpha value is -3.30. The predicted octanol–water partition coefficient (Wildman–Crippen LogP) is 1.30. The third kappa shape index (κ3) is 3.64. The molecule has 0 unspecified atom stereocenters. The van der Waals surface area contributed by atoms with Gasteiger partial charge in [-0.1, -0.05) is 0 Å². The molecule has 0 fully saturated rings. The lowest BCUT2D eigenvalue weighted by atomic mass is 10.3. The van der Waals surface area contributed by atoms with Crippen molar-refractivity contribution in [3.8, 4) is 0 Å². The van der Waals surface area contributed by atoms with E-state index in [-0.39, 0.29) is 5.82 Å². The van der Waals surface area contributed by atoms with Crippen LogP contribution in [0.4, 0.5) is 22.0 Å². The Labute approximate surface area is 155 Å². The maximum absolute atomic E-state index is 13.8. The lowest BCUT2D eigenvalue weighted by Gasteiger charge is -2.28. The summed E-state index contributed by atoms with van der Waals surface area (Å²) < 4.78 is 15.8. The van der Waals surface area contributed by atoms with Gasteiger partial charge in [0.05, 0.1) is 43.4 Å². The Morgan fingerprint density at radius 1 is 1.19 bits per heavy atom. The number of anilines is 3. The second-order valence-corrected chi connectivity index (χ2v) is 6.45.